The molecule has 0 saturated carbocycles. The van der Waals surface area contributed by atoms with Crippen LogP contribution in [0.5, 0.6) is 0 Å². The first kappa shape index (κ1) is 16.8. The fourth-order valence-corrected chi connectivity index (χ4v) is 2.10. The molecule has 0 aliphatic rings. The summed E-state index contributed by atoms with van der Waals surface area (Å²) in [5.74, 6) is 0. The van der Waals surface area contributed by atoms with Gasteiger partial charge in [0, 0.05) is 31.9 Å². The van der Waals surface area contributed by atoms with Gasteiger partial charge in [-0.2, -0.15) is 13.2 Å². The van der Waals surface area contributed by atoms with Crippen molar-refractivity contribution in [1.82, 2.24) is 5.32 Å². The fourth-order valence-electron chi connectivity index (χ4n) is 2.10. The van der Waals surface area contributed by atoms with Crippen LogP contribution in [-0.4, -0.2) is 31.9 Å². The zero-order chi connectivity index (χ0) is 15.2. The molecule has 1 aromatic carbocycles. The average molecular weight is 290 g/mol. The summed E-state index contributed by atoms with van der Waals surface area (Å²) in [6.07, 6.45) is -3.83. The highest BCUT2D eigenvalue weighted by Crippen LogP contribution is 2.34. The summed E-state index contributed by atoms with van der Waals surface area (Å²) in [7, 11) is 1.62. The number of rotatable bonds is 7. The summed E-state index contributed by atoms with van der Waals surface area (Å²) in [5.41, 5.74) is 0.168. The Kier molecular flexibility index (Phi) is 6.29. The van der Waals surface area contributed by atoms with E-state index in [1.54, 1.807) is 13.1 Å². The Labute approximate surface area is 117 Å². The highest BCUT2D eigenvalue weighted by Gasteiger charge is 2.33. The van der Waals surface area contributed by atoms with Gasteiger partial charge in [-0.05, 0) is 38.1 Å². The number of hydrogen-bond acceptors (Lipinski definition) is 3. The molecule has 0 amide bonds. The largest absolute Gasteiger partial charge is 0.416 e. The van der Waals surface area contributed by atoms with Gasteiger partial charge in [0.25, 0.3) is 0 Å². The minimum absolute atomic E-state index is 0.0282. The van der Waals surface area contributed by atoms with Crippen molar-refractivity contribution in [3.05, 3.63) is 29.3 Å². The Bertz CT molecular complexity index is 421. The number of nitrogens with zero attached hydrogens (tertiary/aromatic N) is 1. The maximum atomic E-state index is 13.1. The molecular formula is C14H21F3N2O. The Balaban J connectivity index is 3.10. The highest BCUT2D eigenvalue weighted by atomic mass is 19.4. The van der Waals surface area contributed by atoms with Gasteiger partial charge in [-0.25, -0.2) is 0 Å². The van der Waals surface area contributed by atoms with Crippen molar-refractivity contribution in [2.24, 2.45) is 0 Å². The number of alkyl halides is 3. The van der Waals surface area contributed by atoms with Crippen LogP contribution < -0.4 is 10.2 Å². The van der Waals surface area contributed by atoms with Crippen LogP contribution in [0.4, 0.5) is 18.9 Å². The Morgan fingerprint density at radius 1 is 1.30 bits per heavy atom. The lowest BCUT2D eigenvalue weighted by molar-refractivity contribution is -0.138. The zero-order valence-electron chi connectivity index (χ0n) is 11.8. The molecule has 0 heterocycles. The van der Waals surface area contributed by atoms with E-state index in [1.165, 1.54) is 12.1 Å². The Hall–Kier alpha value is -1.27. The second-order valence-corrected chi connectivity index (χ2v) is 4.53. The number of hydrogen-bond donors (Lipinski definition) is 2. The summed E-state index contributed by atoms with van der Waals surface area (Å²) in [4.78, 5) is 1.83. The van der Waals surface area contributed by atoms with Gasteiger partial charge < -0.3 is 15.3 Å². The first-order valence-corrected chi connectivity index (χ1v) is 6.64. The van der Waals surface area contributed by atoms with Crippen molar-refractivity contribution in [2.75, 3.05) is 31.6 Å². The van der Waals surface area contributed by atoms with E-state index in [2.05, 4.69) is 5.32 Å². The van der Waals surface area contributed by atoms with Crippen LogP contribution in [-0.2, 0) is 12.7 Å². The molecule has 2 N–H and O–H groups in total. The monoisotopic (exact) mass is 290 g/mol. The molecule has 0 fully saturated rings. The third-order valence-corrected chi connectivity index (χ3v) is 3.10. The van der Waals surface area contributed by atoms with E-state index in [0.29, 0.717) is 25.2 Å². The van der Waals surface area contributed by atoms with Crippen molar-refractivity contribution in [3.8, 4) is 0 Å². The van der Waals surface area contributed by atoms with Gasteiger partial charge >= 0.3 is 6.18 Å². The second-order valence-electron chi connectivity index (χ2n) is 4.53. The Morgan fingerprint density at radius 2 is 2.00 bits per heavy atom. The molecule has 1 aromatic rings. The van der Waals surface area contributed by atoms with Crippen LogP contribution in [0, 0.1) is 0 Å². The first-order chi connectivity index (χ1) is 9.43. The summed E-state index contributed by atoms with van der Waals surface area (Å²) in [6.45, 7) is 3.23. The van der Waals surface area contributed by atoms with E-state index < -0.39 is 11.7 Å². The summed E-state index contributed by atoms with van der Waals surface area (Å²) in [5, 5.41) is 11.6. The van der Waals surface area contributed by atoms with Crippen LogP contribution in [0.2, 0.25) is 0 Å². The van der Waals surface area contributed by atoms with Crippen LogP contribution in [0.15, 0.2) is 18.2 Å². The van der Waals surface area contributed by atoms with Gasteiger partial charge in [0.15, 0.2) is 0 Å². The third kappa shape index (κ3) is 4.38. The third-order valence-electron chi connectivity index (χ3n) is 3.10. The smallest absolute Gasteiger partial charge is 0.396 e. The molecule has 0 radical (unpaired) electrons. The molecule has 3 nitrogen and oxygen atoms in total. The van der Waals surface area contributed by atoms with Gasteiger partial charge in [0.1, 0.15) is 0 Å². The molecule has 20 heavy (non-hydrogen) atoms. The van der Waals surface area contributed by atoms with Gasteiger partial charge in [0.2, 0.25) is 0 Å². The summed E-state index contributed by atoms with van der Waals surface area (Å²) >= 11 is 0. The van der Waals surface area contributed by atoms with Gasteiger partial charge in [-0.1, -0.05) is 6.07 Å². The molecule has 1 rings (SSSR count). The van der Waals surface area contributed by atoms with Crippen molar-refractivity contribution >= 4 is 5.69 Å². The van der Waals surface area contributed by atoms with Gasteiger partial charge in [-0.15, -0.1) is 0 Å². The molecule has 6 heteroatoms. The van der Waals surface area contributed by atoms with Crippen LogP contribution >= 0.6 is 0 Å². The number of anilines is 1. The topological polar surface area (TPSA) is 35.5 Å². The lowest BCUT2D eigenvalue weighted by Gasteiger charge is -2.24. The lowest BCUT2D eigenvalue weighted by Crippen LogP contribution is -2.25. The van der Waals surface area contributed by atoms with E-state index >= 15 is 0 Å². The van der Waals surface area contributed by atoms with Crippen molar-refractivity contribution in [3.63, 3.8) is 0 Å². The molecule has 0 aliphatic carbocycles. The number of aliphatic hydroxyl groups is 1. The van der Waals surface area contributed by atoms with Gasteiger partial charge in [0.05, 0.1) is 5.56 Å². The van der Waals surface area contributed by atoms with Crippen molar-refractivity contribution in [1.29, 1.82) is 0 Å². The molecule has 114 valence electrons. The quantitative estimate of drug-likeness (QED) is 0.810. The second kappa shape index (κ2) is 7.50. The van der Waals surface area contributed by atoms with E-state index in [1.807, 2.05) is 11.8 Å². The zero-order valence-corrected chi connectivity index (χ0v) is 11.8. The maximum Gasteiger partial charge on any atom is 0.416 e. The minimum atomic E-state index is -4.36. The average Bonchev–Trinajstić information content (AvgIpc) is 2.40. The van der Waals surface area contributed by atoms with Crippen molar-refractivity contribution < 1.29 is 18.3 Å². The molecule has 0 spiro atoms. The van der Waals surface area contributed by atoms with Crippen LogP contribution in [0.25, 0.3) is 0 Å². The molecule has 0 aromatic heterocycles. The van der Waals surface area contributed by atoms with Gasteiger partial charge in [-0.3, -0.25) is 0 Å². The number of aliphatic hydroxyl groups excluding tert-OH is 1. The normalized spacial score (nSPS) is 11.7. The van der Waals surface area contributed by atoms with Crippen LogP contribution in [0.3, 0.4) is 0 Å². The molecule has 0 aliphatic heterocycles. The maximum absolute atomic E-state index is 13.1. The predicted octanol–water partition coefficient (Wildman–Crippen LogP) is 2.63. The van der Waals surface area contributed by atoms with E-state index in [-0.39, 0.29) is 18.7 Å². The first-order valence-electron chi connectivity index (χ1n) is 6.64. The number of nitrogens with one attached hydrogen (secondary N) is 1. The molecule has 0 saturated heterocycles. The molecular weight excluding hydrogens is 269 g/mol. The summed E-state index contributed by atoms with van der Waals surface area (Å²) < 4.78 is 39.3. The fraction of sp³-hybridized carbons (Fsp3) is 0.571. The Morgan fingerprint density at radius 3 is 2.50 bits per heavy atom. The number of benzene rings is 1. The van der Waals surface area contributed by atoms with Crippen molar-refractivity contribution in [2.45, 2.75) is 26.1 Å². The van der Waals surface area contributed by atoms with E-state index in [0.717, 1.165) is 0 Å². The standard InChI is InChI=1S/C14H21F3N2O/c1-3-19(7-4-8-20)12-6-5-11(10-18-2)13(9-12)14(15,16)17/h5-6,9,18,20H,3-4,7-8,10H2,1-2H3. The van der Waals surface area contributed by atoms with E-state index in [4.69, 9.17) is 5.11 Å². The highest BCUT2D eigenvalue weighted by molar-refractivity contribution is 5.52. The minimum Gasteiger partial charge on any atom is -0.396 e. The summed E-state index contributed by atoms with van der Waals surface area (Å²) in [6, 6.07) is 4.40. The van der Waals surface area contributed by atoms with E-state index in [9.17, 15) is 13.2 Å². The molecule has 0 atom stereocenters. The molecule has 0 bridgehead atoms. The lowest BCUT2D eigenvalue weighted by atomic mass is 10.1. The predicted molar refractivity (Wildman–Crippen MR) is 73.8 cm³/mol. The van der Waals surface area contributed by atoms with Crippen LogP contribution in [0.1, 0.15) is 24.5 Å². The SMILES string of the molecule is CCN(CCCO)c1ccc(CNC)c(C(F)(F)F)c1. The molecule has 0 unspecified atom stereocenters. The number of halogens is 3.